The maximum absolute atomic E-state index is 12.9. The van der Waals surface area contributed by atoms with Gasteiger partial charge in [0.2, 0.25) is 0 Å². The largest absolute Gasteiger partial charge is 0.459 e. The maximum atomic E-state index is 12.9. The van der Waals surface area contributed by atoms with E-state index in [4.69, 9.17) is 0 Å². The van der Waals surface area contributed by atoms with Crippen LogP contribution in [-0.2, 0) is 34.1 Å². The van der Waals surface area contributed by atoms with E-state index in [1.807, 2.05) is 0 Å². The van der Waals surface area contributed by atoms with Gasteiger partial charge in [0.05, 0.1) is 18.7 Å². The number of amides is 1. The fourth-order valence-electron chi connectivity index (χ4n) is 2.26. The Labute approximate surface area is 151 Å². The van der Waals surface area contributed by atoms with Gasteiger partial charge in [-0.05, 0) is 19.1 Å². The van der Waals surface area contributed by atoms with E-state index in [9.17, 15) is 27.6 Å². The third-order valence-corrected chi connectivity index (χ3v) is 3.56. The molecule has 0 radical (unpaired) electrons. The highest BCUT2D eigenvalue weighted by molar-refractivity contribution is 6.32. The second-order valence-electron chi connectivity index (χ2n) is 5.44. The third kappa shape index (κ3) is 4.74. The predicted molar refractivity (Wildman–Crippen MR) is 87.5 cm³/mol. The summed E-state index contributed by atoms with van der Waals surface area (Å²) in [6.45, 7) is 1.44. The number of aromatic nitrogens is 3. The highest BCUT2D eigenvalue weighted by atomic mass is 19.4. The number of halogens is 3. The average Bonchev–Trinajstić information content (AvgIpc) is 2.90. The molecule has 0 unspecified atom stereocenters. The summed E-state index contributed by atoms with van der Waals surface area (Å²) in [5.74, 6) is -1.96. The lowest BCUT2D eigenvalue weighted by Crippen LogP contribution is -2.36. The molecular formula is C16H17F3N4O4. The quantitative estimate of drug-likeness (QED) is 0.610. The van der Waals surface area contributed by atoms with Crippen molar-refractivity contribution in [2.75, 3.05) is 13.2 Å². The SMILES string of the molecule is CCOC(=O)C(=O)NCCn1nc(-c2cccc(C(F)(F)F)c2)n(C)c1=O. The number of rotatable bonds is 5. The van der Waals surface area contributed by atoms with Crippen LogP contribution < -0.4 is 11.0 Å². The van der Waals surface area contributed by atoms with Crippen LogP contribution in [0.5, 0.6) is 0 Å². The number of hydrogen-bond acceptors (Lipinski definition) is 5. The van der Waals surface area contributed by atoms with Crippen molar-refractivity contribution in [3.05, 3.63) is 40.3 Å². The molecule has 27 heavy (non-hydrogen) atoms. The number of nitrogens with one attached hydrogen (secondary N) is 1. The van der Waals surface area contributed by atoms with Crippen molar-refractivity contribution in [2.45, 2.75) is 19.6 Å². The second-order valence-corrected chi connectivity index (χ2v) is 5.44. The van der Waals surface area contributed by atoms with Gasteiger partial charge in [0.15, 0.2) is 5.82 Å². The van der Waals surface area contributed by atoms with Crippen LogP contribution in [0.15, 0.2) is 29.1 Å². The van der Waals surface area contributed by atoms with Crippen LogP contribution in [0, 0.1) is 0 Å². The van der Waals surface area contributed by atoms with Crippen molar-refractivity contribution < 1.29 is 27.5 Å². The Balaban J connectivity index is 2.16. The van der Waals surface area contributed by atoms with E-state index < -0.39 is 29.3 Å². The molecular weight excluding hydrogens is 369 g/mol. The molecule has 0 fully saturated rings. The van der Waals surface area contributed by atoms with Crippen LogP contribution in [0.1, 0.15) is 12.5 Å². The van der Waals surface area contributed by atoms with Gasteiger partial charge in [0.25, 0.3) is 0 Å². The molecule has 146 valence electrons. The van der Waals surface area contributed by atoms with Crippen molar-refractivity contribution in [1.29, 1.82) is 0 Å². The van der Waals surface area contributed by atoms with Gasteiger partial charge < -0.3 is 10.1 Å². The van der Waals surface area contributed by atoms with Crippen molar-refractivity contribution in [3.8, 4) is 11.4 Å². The first-order valence-electron chi connectivity index (χ1n) is 7.91. The monoisotopic (exact) mass is 386 g/mol. The van der Waals surface area contributed by atoms with E-state index in [-0.39, 0.29) is 31.1 Å². The van der Waals surface area contributed by atoms with Crippen molar-refractivity contribution in [2.24, 2.45) is 7.05 Å². The highest BCUT2D eigenvalue weighted by Crippen LogP contribution is 2.31. The molecule has 0 saturated heterocycles. The zero-order valence-electron chi connectivity index (χ0n) is 14.5. The summed E-state index contributed by atoms with van der Waals surface area (Å²) < 4.78 is 45.2. The van der Waals surface area contributed by atoms with Crippen molar-refractivity contribution >= 4 is 11.9 Å². The van der Waals surface area contributed by atoms with Crippen molar-refractivity contribution in [1.82, 2.24) is 19.7 Å². The molecule has 0 atom stereocenters. The smallest absolute Gasteiger partial charge is 0.416 e. The molecule has 11 heteroatoms. The van der Waals surface area contributed by atoms with Gasteiger partial charge in [-0.15, -0.1) is 5.10 Å². The van der Waals surface area contributed by atoms with Crippen LogP contribution in [0.2, 0.25) is 0 Å². The van der Waals surface area contributed by atoms with Gasteiger partial charge >= 0.3 is 23.7 Å². The van der Waals surface area contributed by atoms with E-state index >= 15 is 0 Å². The summed E-state index contributed by atoms with van der Waals surface area (Å²) >= 11 is 0. The Morgan fingerprint density at radius 1 is 1.30 bits per heavy atom. The van der Waals surface area contributed by atoms with Gasteiger partial charge in [0.1, 0.15) is 0 Å². The van der Waals surface area contributed by atoms with E-state index in [1.54, 1.807) is 6.92 Å². The zero-order chi connectivity index (χ0) is 20.2. The van der Waals surface area contributed by atoms with Crippen LogP contribution in [0.3, 0.4) is 0 Å². The molecule has 2 rings (SSSR count). The maximum Gasteiger partial charge on any atom is 0.416 e. The summed E-state index contributed by atoms with van der Waals surface area (Å²) in [7, 11) is 1.37. The van der Waals surface area contributed by atoms with Gasteiger partial charge in [-0.1, -0.05) is 12.1 Å². The van der Waals surface area contributed by atoms with Crippen LogP contribution in [-0.4, -0.2) is 39.4 Å². The van der Waals surface area contributed by atoms with Crippen LogP contribution >= 0.6 is 0 Å². The molecule has 0 bridgehead atoms. The molecule has 0 spiro atoms. The molecule has 8 nitrogen and oxygen atoms in total. The summed E-state index contributed by atoms with van der Waals surface area (Å²) in [6, 6.07) is 4.45. The van der Waals surface area contributed by atoms with E-state index in [0.717, 1.165) is 21.4 Å². The first-order chi connectivity index (χ1) is 12.6. The van der Waals surface area contributed by atoms with E-state index in [2.05, 4.69) is 15.2 Å². The van der Waals surface area contributed by atoms with Gasteiger partial charge in [-0.25, -0.2) is 14.3 Å². The van der Waals surface area contributed by atoms with E-state index in [1.165, 1.54) is 19.2 Å². The number of ether oxygens (including phenoxy) is 1. The number of esters is 1. The number of hydrogen-bond donors (Lipinski definition) is 1. The Morgan fingerprint density at radius 2 is 2.00 bits per heavy atom. The minimum atomic E-state index is -4.52. The molecule has 1 aromatic heterocycles. The van der Waals surface area contributed by atoms with E-state index in [0.29, 0.717) is 0 Å². The summed E-state index contributed by atoms with van der Waals surface area (Å²) in [5.41, 5.74) is -1.31. The lowest BCUT2D eigenvalue weighted by atomic mass is 10.1. The fraction of sp³-hybridized carbons (Fsp3) is 0.375. The summed E-state index contributed by atoms with van der Waals surface area (Å²) in [6.07, 6.45) is -4.52. The molecule has 1 aromatic carbocycles. The lowest BCUT2D eigenvalue weighted by molar-refractivity contribution is -0.154. The molecule has 0 aliphatic carbocycles. The second kappa shape index (κ2) is 8.06. The first-order valence-corrected chi connectivity index (χ1v) is 7.91. The lowest BCUT2D eigenvalue weighted by Gasteiger charge is -2.08. The summed E-state index contributed by atoms with van der Waals surface area (Å²) in [5, 5.41) is 6.28. The number of alkyl halides is 3. The molecule has 0 aliphatic heterocycles. The molecule has 0 aliphatic rings. The average molecular weight is 386 g/mol. The number of carbonyl (C=O) groups is 2. The standard InChI is InChI=1S/C16H17F3N4O4/c1-3-27-14(25)13(24)20-7-8-23-15(26)22(2)12(21-23)10-5-4-6-11(9-10)16(17,18)19/h4-6,9H,3,7-8H2,1-2H3,(H,20,24). The molecule has 2 aromatic rings. The minimum Gasteiger partial charge on any atom is -0.459 e. The number of carbonyl (C=O) groups excluding carboxylic acids is 2. The Hall–Kier alpha value is -3.11. The van der Waals surface area contributed by atoms with Crippen LogP contribution in [0.25, 0.3) is 11.4 Å². The van der Waals surface area contributed by atoms with Gasteiger partial charge in [-0.2, -0.15) is 13.2 Å². The number of nitrogens with zero attached hydrogens (tertiary/aromatic N) is 3. The fourth-order valence-corrected chi connectivity index (χ4v) is 2.26. The molecule has 1 N–H and O–H groups in total. The predicted octanol–water partition coefficient (Wildman–Crippen LogP) is 0.947. The van der Waals surface area contributed by atoms with Crippen molar-refractivity contribution in [3.63, 3.8) is 0 Å². The molecule has 1 amide bonds. The Bertz CT molecular complexity index is 902. The normalized spacial score (nSPS) is 11.3. The first kappa shape index (κ1) is 20.2. The summed E-state index contributed by atoms with van der Waals surface area (Å²) in [4.78, 5) is 34.8. The minimum absolute atomic E-state index is 0.0443. The zero-order valence-corrected chi connectivity index (χ0v) is 14.5. The van der Waals surface area contributed by atoms with Gasteiger partial charge in [-0.3, -0.25) is 9.36 Å². The highest BCUT2D eigenvalue weighted by Gasteiger charge is 2.31. The number of benzene rings is 1. The Kier molecular flexibility index (Phi) is 6.03. The topological polar surface area (TPSA) is 95.2 Å². The molecule has 0 saturated carbocycles. The Morgan fingerprint density at radius 3 is 2.63 bits per heavy atom. The van der Waals surface area contributed by atoms with Crippen LogP contribution in [0.4, 0.5) is 13.2 Å². The third-order valence-electron chi connectivity index (χ3n) is 3.56. The molecule has 1 heterocycles. The van der Waals surface area contributed by atoms with Gasteiger partial charge in [0, 0.05) is 19.2 Å².